The van der Waals surface area contributed by atoms with E-state index in [0.29, 0.717) is 22.0 Å². The molecule has 0 unspecified atom stereocenters. The van der Waals surface area contributed by atoms with Gasteiger partial charge in [0.25, 0.3) is 0 Å². The summed E-state index contributed by atoms with van der Waals surface area (Å²) < 4.78 is 53.3. The van der Waals surface area contributed by atoms with Gasteiger partial charge in [-0.05, 0) is 48.0 Å². The molecule has 1 aliphatic heterocycles. The molecule has 3 heterocycles. The molecular weight excluding hydrogens is 452 g/mol. The lowest BCUT2D eigenvalue weighted by Gasteiger charge is -2.25. The van der Waals surface area contributed by atoms with Crippen LogP contribution in [0.3, 0.4) is 0 Å². The van der Waals surface area contributed by atoms with Crippen molar-refractivity contribution in [3.63, 3.8) is 0 Å². The number of nitrogens with zero attached hydrogens (tertiary/aromatic N) is 3. The van der Waals surface area contributed by atoms with Crippen LogP contribution in [0.4, 0.5) is 23.4 Å². The van der Waals surface area contributed by atoms with E-state index in [0.717, 1.165) is 36.0 Å². The van der Waals surface area contributed by atoms with Crippen molar-refractivity contribution in [2.45, 2.75) is 31.5 Å². The summed E-state index contributed by atoms with van der Waals surface area (Å²) in [6.45, 7) is -0.173. The van der Waals surface area contributed by atoms with Crippen LogP contribution in [-0.4, -0.2) is 32.3 Å². The molecule has 1 aromatic carbocycles. The first-order chi connectivity index (χ1) is 14.7. The summed E-state index contributed by atoms with van der Waals surface area (Å²) in [4.78, 5) is 12.7. The molecule has 1 fully saturated rings. The van der Waals surface area contributed by atoms with Gasteiger partial charge in [-0.2, -0.15) is 23.7 Å². The number of halogens is 5. The molecule has 10 heteroatoms. The smallest absolute Gasteiger partial charge is 0.365 e. The number of anilines is 1. The van der Waals surface area contributed by atoms with Gasteiger partial charge in [-0.25, -0.2) is 19.3 Å². The van der Waals surface area contributed by atoms with Crippen molar-refractivity contribution in [3.8, 4) is 0 Å². The predicted molar refractivity (Wildman–Crippen MR) is 117 cm³/mol. The van der Waals surface area contributed by atoms with Crippen molar-refractivity contribution >= 4 is 44.8 Å². The van der Waals surface area contributed by atoms with E-state index in [4.69, 9.17) is 11.6 Å². The number of fused-ring (bicyclic) bond motifs is 1. The van der Waals surface area contributed by atoms with Crippen LogP contribution in [0, 0.1) is 5.82 Å². The van der Waals surface area contributed by atoms with Crippen molar-refractivity contribution < 1.29 is 17.6 Å². The Balaban J connectivity index is 1.64. The van der Waals surface area contributed by atoms with Gasteiger partial charge in [-0.3, -0.25) is 0 Å². The third-order valence-corrected chi connectivity index (χ3v) is 7.31. The average molecular weight is 471 g/mol. The molecule has 4 rings (SSSR count). The fourth-order valence-corrected chi connectivity index (χ4v) is 5.43. The van der Waals surface area contributed by atoms with Crippen molar-refractivity contribution in [2.75, 3.05) is 16.8 Å². The highest BCUT2D eigenvalue weighted by atomic mass is 35.5. The molecule has 31 heavy (non-hydrogen) atoms. The molecule has 164 valence electrons. The maximum absolute atomic E-state index is 14.3. The van der Waals surface area contributed by atoms with Crippen LogP contribution in [0.15, 0.2) is 30.6 Å². The molecule has 0 aliphatic carbocycles. The van der Waals surface area contributed by atoms with Gasteiger partial charge in [-0.15, -0.1) is 0 Å². The number of nitrogens with one attached hydrogen (secondary N) is 1. The van der Waals surface area contributed by atoms with Gasteiger partial charge in [0, 0.05) is 12.1 Å². The Morgan fingerprint density at radius 2 is 1.94 bits per heavy atom. The summed E-state index contributed by atoms with van der Waals surface area (Å²) >= 11 is 6.42. The van der Waals surface area contributed by atoms with Gasteiger partial charge in [-0.1, -0.05) is 29.6 Å². The monoisotopic (exact) mass is 470 g/mol. The quantitative estimate of drug-likeness (QED) is 0.287. The average Bonchev–Trinajstić information content (AvgIpc) is 2.72. The molecule has 0 atom stereocenters. The largest absolute Gasteiger partial charge is 0.419 e. The van der Waals surface area contributed by atoms with E-state index >= 15 is 0 Å². The number of hydrogen-bond acceptors (Lipinski definition) is 4. The van der Waals surface area contributed by atoms with Crippen LogP contribution in [-0.2, 0) is 12.7 Å². The third-order valence-electron chi connectivity index (χ3n) is 5.39. The van der Waals surface area contributed by atoms with Crippen LogP contribution in [0.5, 0.6) is 0 Å². The molecule has 3 aromatic rings. The lowest BCUT2D eigenvalue weighted by atomic mass is 9.94. The Labute approximate surface area is 184 Å². The summed E-state index contributed by atoms with van der Waals surface area (Å²) in [6, 6.07) is 5.09. The number of hydrogen-bond donors (Lipinski definition) is 1. The summed E-state index contributed by atoms with van der Waals surface area (Å²) in [5, 5.41) is 3.91. The van der Waals surface area contributed by atoms with Gasteiger partial charge in [0.15, 0.2) is 5.65 Å². The molecule has 1 saturated heterocycles. The molecule has 1 aliphatic rings. The van der Waals surface area contributed by atoms with Crippen LogP contribution in [0.2, 0.25) is 5.15 Å². The standard InChI is InChI=1S/C21H19ClF4N4S/c1-31-7-5-12(6-8-31)14-9-15-19(28-11-29-20(15)30-18(14)22)27-10-13-3-2-4-16(17(13)23)21(24,25)26/h2-4,9,11-12H,1,5-8,10H2,(H,27,28,29,30). The Morgan fingerprint density at radius 1 is 1.19 bits per heavy atom. The van der Waals surface area contributed by atoms with E-state index in [1.807, 2.05) is 6.07 Å². The zero-order valence-electron chi connectivity index (χ0n) is 16.3. The van der Waals surface area contributed by atoms with Crippen molar-refractivity contribution in [2.24, 2.45) is 0 Å². The third kappa shape index (κ3) is 4.67. The van der Waals surface area contributed by atoms with E-state index in [1.165, 1.54) is 18.5 Å². The molecule has 4 nitrogen and oxygen atoms in total. The van der Waals surface area contributed by atoms with Crippen LogP contribution >= 0.6 is 22.1 Å². The topological polar surface area (TPSA) is 50.7 Å². The Hall–Kier alpha value is -2.26. The van der Waals surface area contributed by atoms with E-state index in [-0.39, 0.29) is 28.5 Å². The van der Waals surface area contributed by atoms with Crippen molar-refractivity contribution in [1.29, 1.82) is 0 Å². The normalized spacial score (nSPS) is 19.5. The first-order valence-corrected chi connectivity index (χ1v) is 11.7. The highest BCUT2D eigenvalue weighted by Crippen LogP contribution is 2.38. The van der Waals surface area contributed by atoms with Crippen molar-refractivity contribution in [3.05, 3.63) is 58.3 Å². The highest BCUT2D eigenvalue weighted by Gasteiger charge is 2.34. The zero-order chi connectivity index (χ0) is 22.2. The molecule has 1 N–H and O–H groups in total. The number of aromatic nitrogens is 3. The SMILES string of the molecule is C=S1CCC(c2cc3c(NCc4cccc(C(F)(F)F)c4F)ncnc3nc2Cl)CC1. The summed E-state index contributed by atoms with van der Waals surface area (Å²) in [6.07, 6.45) is -1.55. The summed E-state index contributed by atoms with van der Waals surface area (Å²) in [7, 11) is 0.176. The summed E-state index contributed by atoms with van der Waals surface area (Å²) in [5.41, 5.74) is -0.146. The molecule has 0 bridgehead atoms. The van der Waals surface area contributed by atoms with Gasteiger partial charge >= 0.3 is 6.18 Å². The molecule has 0 radical (unpaired) electrons. The first-order valence-electron chi connectivity index (χ1n) is 9.61. The van der Waals surface area contributed by atoms with Crippen LogP contribution < -0.4 is 5.32 Å². The van der Waals surface area contributed by atoms with E-state index in [1.54, 1.807) is 0 Å². The lowest BCUT2D eigenvalue weighted by molar-refractivity contribution is -0.140. The fraction of sp³-hybridized carbons (Fsp3) is 0.333. The van der Waals surface area contributed by atoms with Gasteiger partial charge in [0.1, 0.15) is 23.1 Å². The molecular formula is C21H19ClF4N4S. The maximum atomic E-state index is 14.3. The molecule has 0 saturated carbocycles. The van der Waals surface area contributed by atoms with E-state index < -0.39 is 17.6 Å². The Bertz CT molecular complexity index is 1140. The van der Waals surface area contributed by atoms with Gasteiger partial charge < -0.3 is 5.32 Å². The Kier molecular flexibility index (Phi) is 6.16. The van der Waals surface area contributed by atoms with Crippen molar-refractivity contribution in [1.82, 2.24) is 15.0 Å². The number of alkyl halides is 3. The van der Waals surface area contributed by atoms with E-state index in [2.05, 4.69) is 26.1 Å². The van der Waals surface area contributed by atoms with Crippen LogP contribution in [0.25, 0.3) is 11.0 Å². The minimum atomic E-state index is -4.76. The van der Waals surface area contributed by atoms with Gasteiger partial charge in [0.05, 0.1) is 10.9 Å². The minimum absolute atomic E-state index is 0.113. The second-order valence-corrected chi connectivity index (χ2v) is 9.79. The maximum Gasteiger partial charge on any atom is 0.419 e. The lowest BCUT2D eigenvalue weighted by Crippen LogP contribution is -2.12. The molecule has 0 amide bonds. The Morgan fingerprint density at radius 3 is 2.65 bits per heavy atom. The highest BCUT2D eigenvalue weighted by molar-refractivity contribution is 8.14. The molecule has 2 aromatic heterocycles. The fourth-order valence-electron chi connectivity index (χ4n) is 3.70. The van der Waals surface area contributed by atoms with Gasteiger partial charge in [0.2, 0.25) is 0 Å². The minimum Gasteiger partial charge on any atom is -0.365 e. The van der Waals surface area contributed by atoms with E-state index in [9.17, 15) is 17.6 Å². The molecule has 0 spiro atoms. The number of rotatable bonds is 4. The predicted octanol–water partition coefficient (Wildman–Crippen LogP) is 6.03. The first kappa shape index (κ1) is 22.0. The second kappa shape index (κ2) is 8.70. The second-order valence-electron chi connectivity index (χ2n) is 7.39. The zero-order valence-corrected chi connectivity index (χ0v) is 17.9. The summed E-state index contributed by atoms with van der Waals surface area (Å²) in [5.74, 6) is 5.52. The number of pyridine rings is 1. The van der Waals surface area contributed by atoms with Crippen LogP contribution in [0.1, 0.15) is 35.4 Å². The number of benzene rings is 1.